The first-order chi connectivity index (χ1) is 5.75. The number of aliphatic hydroxyl groups excluding tert-OH is 1. The molecule has 0 aromatic rings. The summed E-state index contributed by atoms with van der Waals surface area (Å²) in [4.78, 5) is 0. The van der Waals surface area contributed by atoms with E-state index in [1.807, 2.05) is 23.5 Å². The van der Waals surface area contributed by atoms with Crippen molar-refractivity contribution < 1.29 is 9.84 Å². The zero-order chi connectivity index (χ0) is 8.97. The fourth-order valence-corrected chi connectivity index (χ4v) is 4.17. The van der Waals surface area contributed by atoms with Gasteiger partial charge in [-0.25, -0.2) is 0 Å². The van der Waals surface area contributed by atoms with Crippen LogP contribution in [0.25, 0.3) is 0 Å². The average molecular weight is 208 g/mol. The molecule has 1 fully saturated rings. The van der Waals surface area contributed by atoms with E-state index in [4.69, 9.17) is 4.74 Å². The lowest BCUT2D eigenvalue weighted by Gasteiger charge is -2.31. The van der Waals surface area contributed by atoms with Crippen LogP contribution in [0.4, 0.5) is 0 Å². The minimum atomic E-state index is -0.303. The molecule has 0 amide bonds. The molecule has 3 atom stereocenters. The van der Waals surface area contributed by atoms with Gasteiger partial charge in [-0.3, -0.25) is 0 Å². The van der Waals surface area contributed by atoms with E-state index in [1.54, 1.807) is 7.11 Å². The van der Waals surface area contributed by atoms with Crippen molar-refractivity contribution in [1.29, 1.82) is 0 Å². The zero-order valence-corrected chi connectivity index (χ0v) is 9.16. The second-order valence-electron chi connectivity index (χ2n) is 2.93. The smallest absolute Gasteiger partial charge is 0.0902 e. The lowest BCUT2D eigenvalue weighted by Crippen LogP contribution is -2.37. The summed E-state index contributed by atoms with van der Waals surface area (Å²) in [5.74, 6) is 2.36. The molecule has 1 aliphatic heterocycles. The number of rotatable bonds is 3. The highest BCUT2D eigenvalue weighted by atomic mass is 32.2. The number of hydrogen-bond donors (Lipinski definition) is 1. The molecule has 1 N–H and O–H groups in total. The van der Waals surface area contributed by atoms with Crippen molar-refractivity contribution in [2.24, 2.45) is 0 Å². The molecule has 1 saturated heterocycles. The van der Waals surface area contributed by atoms with Crippen LogP contribution in [0.5, 0.6) is 0 Å². The van der Waals surface area contributed by atoms with Crippen molar-refractivity contribution in [3.63, 3.8) is 0 Å². The number of hydrogen-bond acceptors (Lipinski definition) is 4. The molecule has 0 saturated carbocycles. The Morgan fingerprint density at radius 3 is 2.75 bits per heavy atom. The second kappa shape index (κ2) is 5.37. The van der Waals surface area contributed by atoms with Gasteiger partial charge in [0.15, 0.2) is 0 Å². The summed E-state index contributed by atoms with van der Waals surface area (Å²) < 4.78 is 4.93. The molecular weight excluding hydrogens is 192 g/mol. The summed E-state index contributed by atoms with van der Waals surface area (Å²) in [5, 5.41) is 10.6. The molecule has 1 heterocycles. The third kappa shape index (κ3) is 2.83. The van der Waals surface area contributed by atoms with E-state index >= 15 is 0 Å². The first-order valence-corrected chi connectivity index (χ1v) is 6.25. The molecule has 0 bridgehead atoms. The van der Waals surface area contributed by atoms with Crippen molar-refractivity contribution in [1.82, 2.24) is 0 Å². The lowest BCUT2D eigenvalue weighted by atomic mass is 10.2. The highest BCUT2D eigenvalue weighted by Gasteiger charge is 2.28. The maximum Gasteiger partial charge on any atom is 0.0902 e. The van der Waals surface area contributed by atoms with Gasteiger partial charge >= 0.3 is 0 Å². The Bertz CT molecular complexity index is 132. The van der Waals surface area contributed by atoms with Crippen LogP contribution in [0.1, 0.15) is 6.92 Å². The van der Waals surface area contributed by atoms with Gasteiger partial charge in [-0.2, -0.15) is 23.5 Å². The molecule has 3 unspecified atom stereocenters. The van der Waals surface area contributed by atoms with Gasteiger partial charge in [0.2, 0.25) is 0 Å². The molecule has 0 spiro atoms. The summed E-state index contributed by atoms with van der Waals surface area (Å²) in [6.45, 7) is 2.64. The summed E-state index contributed by atoms with van der Waals surface area (Å²) in [6.07, 6.45) is -0.303. The van der Waals surface area contributed by atoms with Crippen LogP contribution in [0, 0.1) is 0 Å². The molecule has 72 valence electrons. The van der Waals surface area contributed by atoms with E-state index in [0.29, 0.717) is 17.1 Å². The molecule has 0 aromatic carbocycles. The second-order valence-corrected chi connectivity index (χ2v) is 5.71. The molecule has 0 aliphatic carbocycles. The lowest BCUT2D eigenvalue weighted by molar-refractivity contribution is 0.0634. The number of thioether (sulfide) groups is 2. The van der Waals surface area contributed by atoms with Crippen molar-refractivity contribution in [3.05, 3.63) is 0 Å². The normalized spacial score (nSPS) is 33.2. The fourth-order valence-electron chi connectivity index (χ4n) is 1.34. The van der Waals surface area contributed by atoms with Gasteiger partial charge < -0.3 is 9.84 Å². The van der Waals surface area contributed by atoms with Gasteiger partial charge in [-0.15, -0.1) is 0 Å². The van der Waals surface area contributed by atoms with E-state index in [-0.39, 0.29) is 6.10 Å². The molecule has 0 radical (unpaired) electrons. The van der Waals surface area contributed by atoms with Gasteiger partial charge in [-0.1, -0.05) is 6.92 Å². The van der Waals surface area contributed by atoms with Crippen LogP contribution in [-0.2, 0) is 4.74 Å². The van der Waals surface area contributed by atoms with E-state index in [0.717, 1.165) is 5.75 Å². The van der Waals surface area contributed by atoms with Crippen LogP contribution >= 0.6 is 23.5 Å². The Labute approximate surface area is 82.4 Å². The Morgan fingerprint density at radius 1 is 1.50 bits per heavy atom. The monoisotopic (exact) mass is 208 g/mol. The van der Waals surface area contributed by atoms with Crippen LogP contribution in [0.3, 0.4) is 0 Å². The van der Waals surface area contributed by atoms with Gasteiger partial charge in [0, 0.05) is 29.1 Å². The van der Waals surface area contributed by atoms with Crippen LogP contribution < -0.4 is 0 Å². The standard InChI is InChI=1S/C8H16O2S2/c1-6-8(7(9)5-10-2)12-4-3-11-6/h6-9H,3-5H2,1-2H3. The third-order valence-electron chi connectivity index (χ3n) is 1.95. The SMILES string of the molecule is COCC(O)C1SCCSC1C. The first-order valence-electron chi connectivity index (χ1n) is 4.16. The van der Waals surface area contributed by atoms with Crippen LogP contribution in [-0.4, -0.2) is 46.9 Å². The highest BCUT2D eigenvalue weighted by molar-refractivity contribution is 8.07. The summed E-state index contributed by atoms with van der Waals surface area (Å²) in [5.41, 5.74) is 0. The molecule has 12 heavy (non-hydrogen) atoms. The highest BCUT2D eigenvalue weighted by Crippen LogP contribution is 2.32. The van der Waals surface area contributed by atoms with Crippen molar-refractivity contribution in [3.8, 4) is 0 Å². The van der Waals surface area contributed by atoms with E-state index in [9.17, 15) is 5.11 Å². The molecular formula is C8H16O2S2. The average Bonchev–Trinajstić information content (AvgIpc) is 2.05. The first kappa shape index (κ1) is 10.7. The molecule has 0 aromatic heterocycles. The Balaban J connectivity index is 2.36. The topological polar surface area (TPSA) is 29.5 Å². The predicted octanol–water partition coefficient (Wildman–Crippen LogP) is 1.23. The van der Waals surface area contributed by atoms with E-state index in [2.05, 4.69) is 6.92 Å². The molecule has 1 aliphatic rings. The Morgan fingerprint density at radius 2 is 2.17 bits per heavy atom. The number of aliphatic hydroxyl groups is 1. The van der Waals surface area contributed by atoms with Crippen molar-refractivity contribution in [2.45, 2.75) is 23.5 Å². The maximum absolute atomic E-state index is 9.69. The predicted molar refractivity (Wildman–Crippen MR) is 56.0 cm³/mol. The van der Waals surface area contributed by atoms with E-state index in [1.165, 1.54) is 5.75 Å². The fraction of sp³-hybridized carbons (Fsp3) is 1.00. The number of methoxy groups -OCH3 is 1. The Kier molecular flexibility index (Phi) is 4.79. The summed E-state index contributed by atoms with van der Waals surface area (Å²) >= 11 is 3.81. The third-order valence-corrected chi connectivity index (χ3v) is 5.19. The van der Waals surface area contributed by atoms with Crippen LogP contribution in [0.15, 0.2) is 0 Å². The van der Waals surface area contributed by atoms with Gasteiger partial charge in [0.1, 0.15) is 0 Å². The summed E-state index contributed by atoms with van der Waals surface area (Å²) in [6, 6.07) is 0. The van der Waals surface area contributed by atoms with E-state index < -0.39 is 0 Å². The van der Waals surface area contributed by atoms with Crippen molar-refractivity contribution in [2.75, 3.05) is 25.2 Å². The minimum Gasteiger partial charge on any atom is -0.390 e. The zero-order valence-electron chi connectivity index (χ0n) is 7.53. The maximum atomic E-state index is 9.69. The van der Waals surface area contributed by atoms with Gasteiger partial charge in [0.25, 0.3) is 0 Å². The van der Waals surface area contributed by atoms with Crippen LogP contribution in [0.2, 0.25) is 0 Å². The molecule has 1 rings (SSSR count). The molecule has 4 heteroatoms. The Hall–Kier alpha value is 0.620. The van der Waals surface area contributed by atoms with Crippen molar-refractivity contribution >= 4 is 23.5 Å². The summed E-state index contributed by atoms with van der Waals surface area (Å²) in [7, 11) is 1.63. The largest absolute Gasteiger partial charge is 0.390 e. The van der Waals surface area contributed by atoms with Gasteiger partial charge in [-0.05, 0) is 0 Å². The quantitative estimate of drug-likeness (QED) is 0.755. The molecule has 2 nitrogen and oxygen atoms in total. The minimum absolute atomic E-state index is 0.303. The van der Waals surface area contributed by atoms with Gasteiger partial charge in [0.05, 0.1) is 12.7 Å². The number of ether oxygens (including phenoxy) is 1.